The smallest absolute Gasteiger partial charge is 0.111 e. The quantitative estimate of drug-likeness (QED) is 0.577. The molecule has 0 atom stereocenters. The minimum atomic E-state index is 0.739. The monoisotopic (exact) mass is 311 g/mol. The minimum Gasteiger partial charge on any atom is -0.255 e. The first kappa shape index (κ1) is 14.1. The van der Waals surface area contributed by atoms with E-state index >= 15 is 0 Å². The van der Waals surface area contributed by atoms with Crippen LogP contribution in [0.5, 0.6) is 0 Å². The van der Waals surface area contributed by atoms with Gasteiger partial charge in [0.2, 0.25) is 0 Å². The molecule has 0 unspecified atom stereocenters. The summed E-state index contributed by atoms with van der Waals surface area (Å²) in [5.41, 5.74) is 4.79. The molecule has 0 bridgehead atoms. The van der Waals surface area contributed by atoms with Gasteiger partial charge in [-0.05, 0) is 48.5 Å². The van der Waals surface area contributed by atoms with Gasteiger partial charge in [0.1, 0.15) is 5.69 Å². The van der Waals surface area contributed by atoms with Gasteiger partial charge in [0, 0.05) is 24.2 Å². The molecule has 114 valence electrons. The van der Waals surface area contributed by atoms with Crippen molar-refractivity contribution in [3.8, 4) is 34.0 Å². The van der Waals surface area contributed by atoms with Gasteiger partial charge < -0.3 is 0 Å². The molecule has 0 aliphatic carbocycles. The maximum absolute atomic E-state index is 4.46. The highest BCUT2D eigenvalue weighted by Gasteiger charge is 2.11. The summed E-state index contributed by atoms with van der Waals surface area (Å²) in [6.45, 7) is 0. The molecule has 0 fully saturated rings. The highest BCUT2D eigenvalue weighted by molar-refractivity contribution is 5.77. The highest BCUT2D eigenvalue weighted by Crippen LogP contribution is 2.27. The Morgan fingerprint density at radius 3 is 1.79 bits per heavy atom. The molecule has 0 amide bonds. The second-order valence-corrected chi connectivity index (χ2v) is 5.13. The number of nitrogens with zero attached hydrogens (tertiary/aromatic N) is 5. The maximum atomic E-state index is 4.46. The predicted molar refractivity (Wildman–Crippen MR) is 91.7 cm³/mol. The van der Waals surface area contributed by atoms with Crippen molar-refractivity contribution in [3.05, 3.63) is 79.3 Å². The van der Waals surface area contributed by atoms with E-state index in [1.165, 1.54) is 0 Å². The van der Waals surface area contributed by atoms with E-state index in [9.17, 15) is 0 Å². The fourth-order valence-corrected chi connectivity index (χ4v) is 2.45. The lowest BCUT2D eigenvalue weighted by atomic mass is 10.1. The van der Waals surface area contributed by atoms with Crippen molar-refractivity contribution in [3.63, 3.8) is 0 Å². The van der Waals surface area contributed by atoms with Crippen molar-refractivity contribution in [1.29, 1.82) is 0 Å². The van der Waals surface area contributed by atoms with E-state index in [-0.39, 0.29) is 0 Å². The van der Waals surface area contributed by atoms with Crippen LogP contribution in [-0.4, -0.2) is 25.1 Å². The second kappa shape index (κ2) is 6.34. The molecule has 0 saturated heterocycles. The largest absolute Gasteiger partial charge is 0.255 e. The van der Waals surface area contributed by atoms with Gasteiger partial charge in [0.25, 0.3) is 0 Å². The van der Waals surface area contributed by atoms with Crippen LogP contribution in [0.15, 0.2) is 79.3 Å². The molecule has 4 rings (SSSR count). The van der Waals surface area contributed by atoms with E-state index in [2.05, 4.69) is 25.1 Å². The predicted octanol–water partition coefficient (Wildman–Crippen LogP) is 3.66. The molecular formula is C19H13N5. The van der Waals surface area contributed by atoms with Gasteiger partial charge in [0.05, 0.1) is 22.8 Å². The van der Waals surface area contributed by atoms with E-state index < -0.39 is 0 Å². The van der Waals surface area contributed by atoms with Crippen molar-refractivity contribution >= 4 is 0 Å². The van der Waals surface area contributed by atoms with Crippen LogP contribution in [0.4, 0.5) is 0 Å². The molecule has 24 heavy (non-hydrogen) atoms. The summed E-state index contributed by atoms with van der Waals surface area (Å²) >= 11 is 0. The normalized spacial score (nSPS) is 10.5. The Morgan fingerprint density at radius 1 is 0.458 bits per heavy atom. The third-order valence-electron chi connectivity index (χ3n) is 3.58. The second-order valence-electron chi connectivity index (χ2n) is 5.13. The first-order valence-corrected chi connectivity index (χ1v) is 7.54. The number of hydrogen-bond donors (Lipinski definition) is 0. The Balaban J connectivity index is 1.75. The van der Waals surface area contributed by atoms with Crippen LogP contribution in [0.25, 0.3) is 34.0 Å². The van der Waals surface area contributed by atoms with E-state index in [1.807, 2.05) is 60.7 Å². The molecule has 0 radical (unpaired) electrons. The van der Waals surface area contributed by atoms with Crippen LogP contribution in [-0.2, 0) is 0 Å². The number of aromatic nitrogens is 5. The molecule has 0 aliphatic heterocycles. The van der Waals surface area contributed by atoms with Crippen molar-refractivity contribution < 1.29 is 0 Å². The highest BCUT2D eigenvalue weighted by atomic mass is 15.1. The van der Waals surface area contributed by atoms with Gasteiger partial charge in [-0.25, -0.2) is 0 Å². The van der Waals surface area contributed by atoms with Crippen LogP contribution >= 0.6 is 0 Å². The Morgan fingerprint density at radius 2 is 1.12 bits per heavy atom. The maximum Gasteiger partial charge on any atom is 0.111 e. The SMILES string of the molecule is c1ccc(-c2ccc(-c3cccnc3-c3ccccn3)nn2)nc1. The Hall–Kier alpha value is -3.47. The summed E-state index contributed by atoms with van der Waals surface area (Å²) in [7, 11) is 0. The van der Waals surface area contributed by atoms with Gasteiger partial charge in [0.15, 0.2) is 0 Å². The zero-order valence-electron chi connectivity index (χ0n) is 12.7. The summed E-state index contributed by atoms with van der Waals surface area (Å²) in [5, 5.41) is 8.65. The van der Waals surface area contributed by atoms with E-state index in [0.717, 1.165) is 34.0 Å². The average Bonchev–Trinajstić information content (AvgIpc) is 2.69. The Kier molecular flexibility index (Phi) is 3.73. The lowest BCUT2D eigenvalue weighted by Gasteiger charge is -2.07. The average molecular weight is 311 g/mol. The standard InChI is InChI=1S/C19H13N5/c1-3-11-20-16(7-1)17-10-9-15(23-24-17)14-6-5-13-22-19(14)18-8-2-4-12-21-18/h1-13H. The Bertz CT molecular complexity index is 938. The molecule has 0 aromatic carbocycles. The van der Waals surface area contributed by atoms with E-state index in [1.54, 1.807) is 18.6 Å². The molecule has 5 nitrogen and oxygen atoms in total. The molecule has 0 spiro atoms. The van der Waals surface area contributed by atoms with E-state index in [0.29, 0.717) is 0 Å². The van der Waals surface area contributed by atoms with Gasteiger partial charge in [-0.3, -0.25) is 15.0 Å². The summed E-state index contributed by atoms with van der Waals surface area (Å²) in [4.78, 5) is 13.1. The summed E-state index contributed by atoms with van der Waals surface area (Å²) in [6, 6.07) is 19.2. The van der Waals surface area contributed by atoms with Crippen molar-refractivity contribution in [2.24, 2.45) is 0 Å². The van der Waals surface area contributed by atoms with Gasteiger partial charge in [-0.15, -0.1) is 10.2 Å². The molecule has 4 heterocycles. The van der Waals surface area contributed by atoms with Crippen molar-refractivity contribution in [2.45, 2.75) is 0 Å². The number of rotatable bonds is 3. The lowest BCUT2D eigenvalue weighted by Crippen LogP contribution is -1.95. The van der Waals surface area contributed by atoms with Crippen molar-refractivity contribution in [2.75, 3.05) is 0 Å². The molecule has 0 aliphatic rings. The molecular weight excluding hydrogens is 298 g/mol. The zero-order valence-corrected chi connectivity index (χ0v) is 12.7. The van der Waals surface area contributed by atoms with Gasteiger partial charge >= 0.3 is 0 Å². The molecule has 4 aromatic heterocycles. The van der Waals surface area contributed by atoms with Crippen LogP contribution in [0.3, 0.4) is 0 Å². The van der Waals surface area contributed by atoms with Gasteiger partial charge in [-0.1, -0.05) is 12.1 Å². The first-order valence-electron chi connectivity index (χ1n) is 7.54. The van der Waals surface area contributed by atoms with Crippen molar-refractivity contribution in [1.82, 2.24) is 25.1 Å². The minimum absolute atomic E-state index is 0.739. The Labute approximate surface area is 139 Å². The third-order valence-corrected chi connectivity index (χ3v) is 3.58. The molecule has 5 heteroatoms. The molecule has 4 aromatic rings. The van der Waals surface area contributed by atoms with Crippen LogP contribution < -0.4 is 0 Å². The lowest BCUT2D eigenvalue weighted by molar-refractivity contribution is 1.03. The summed E-state index contributed by atoms with van der Waals surface area (Å²) < 4.78 is 0. The fourth-order valence-electron chi connectivity index (χ4n) is 2.45. The van der Waals surface area contributed by atoms with Crippen LogP contribution in [0.1, 0.15) is 0 Å². The summed E-state index contributed by atoms with van der Waals surface area (Å²) in [5.74, 6) is 0. The van der Waals surface area contributed by atoms with Gasteiger partial charge in [-0.2, -0.15) is 0 Å². The van der Waals surface area contributed by atoms with E-state index in [4.69, 9.17) is 0 Å². The topological polar surface area (TPSA) is 64.5 Å². The summed E-state index contributed by atoms with van der Waals surface area (Å²) in [6.07, 6.45) is 5.25. The first-order chi connectivity index (χ1) is 11.9. The van der Waals surface area contributed by atoms with Crippen LogP contribution in [0, 0.1) is 0 Å². The molecule has 0 saturated carbocycles. The zero-order chi connectivity index (χ0) is 16.2. The number of pyridine rings is 3. The molecule has 0 N–H and O–H groups in total. The third kappa shape index (κ3) is 2.75. The number of hydrogen-bond acceptors (Lipinski definition) is 5. The van der Waals surface area contributed by atoms with Crippen LogP contribution in [0.2, 0.25) is 0 Å². The fraction of sp³-hybridized carbons (Fsp3) is 0.